The number of carboxylic acids is 1. The van der Waals surface area contributed by atoms with Crippen LogP contribution in [-0.2, 0) is 4.79 Å². The van der Waals surface area contributed by atoms with E-state index in [9.17, 15) is 9.59 Å². The van der Waals surface area contributed by atoms with Gasteiger partial charge in [0.2, 0.25) is 0 Å². The van der Waals surface area contributed by atoms with Gasteiger partial charge in [-0.2, -0.15) is 11.3 Å². The molecule has 0 aliphatic carbocycles. The normalized spacial score (nSPS) is 12.1. The number of thiazole rings is 1. The number of thiophene rings is 1. The van der Waals surface area contributed by atoms with E-state index in [0.29, 0.717) is 17.0 Å². The minimum Gasteiger partial charge on any atom is -0.481 e. The predicted molar refractivity (Wildman–Crippen MR) is 83.9 cm³/mol. The largest absolute Gasteiger partial charge is 0.481 e. The summed E-state index contributed by atoms with van der Waals surface area (Å²) in [6.07, 6.45) is 0.484. The molecule has 0 spiro atoms. The Bertz CT molecular complexity index is 635. The maximum absolute atomic E-state index is 12.2. The molecule has 21 heavy (non-hydrogen) atoms. The minimum atomic E-state index is -0.891. The first-order chi connectivity index (χ1) is 10.0. The Labute approximate surface area is 130 Å². The molecule has 0 fully saturated rings. The molecule has 0 saturated carbocycles. The van der Waals surface area contributed by atoms with Gasteiger partial charge in [-0.1, -0.05) is 6.92 Å². The van der Waals surface area contributed by atoms with Gasteiger partial charge in [-0.05, 0) is 24.8 Å². The second-order valence-electron chi connectivity index (χ2n) is 4.60. The number of nitrogens with zero attached hydrogens (tertiary/aromatic N) is 1. The van der Waals surface area contributed by atoms with Crippen LogP contribution in [0, 0.1) is 12.8 Å². The molecule has 1 unspecified atom stereocenters. The fourth-order valence-corrected chi connectivity index (χ4v) is 3.51. The van der Waals surface area contributed by atoms with E-state index in [4.69, 9.17) is 5.11 Å². The summed E-state index contributed by atoms with van der Waals surface area (Å²) in [6, 6.07) is 1.96. The molecule has 0 saturated heterocycles. The molecule has 2 rings (SSSR count). The second-order valence-corrected chi connectivity index (χ2v) is 6.38. The molecular weight excluding hydrogens is 308 g/mol. The quantitative estimate of drug-likeness (QED) is 0.856. The number of amides is 1. The number of carbonyl (C=O) groups is 2. The zero-order chi connectivity index (χ0) is 15.4. The monoisotopic (exact) mass is 324 g/mol. The number of nitrogens with one attached hydrogen (secondary N) is 1. The van der Waals surface area contributed by atoms with Gasteiger partial charge in [0.15, 0.2) is 0 Å². The standard InChI is InChI=1S/C14H16N2O3S2/c1-3-9(14(18)19)6-15-12(17)11-8(2)16-13(21-11)10-4-5-20-7-10/h4-5,7,9H,3,6H2,1-2H3,(H,15,17)(H,18,19). The third kappa shape index (κ3) is 3.68. The molecule has 1 atom stereocenters. The summed E-state index contributed by atoms with van der Waals surface area (Å²) in [7, 11) is 0. The van der Waals surface area contributed by atoms with Crippen molar-refractivity contribution >= 4 is 34.6 Å². The highest BCUT2D eigenvalue weighted by Gasteiger charge is 2.20. The highest BCUT2D eigenvalue weighted by Crippen LogP contribution is 2.29. The van der Waals surface area contributed by atoms with Crippen molar-refractivity contribution in [3.63, 3.8) is 0 Å². The van der Waals surface area contributed by atoms with Gasteiger partial charge in [-0.15, -0.1) is 11.3 Å². The van der Waals surface area contributed by atoms with Crippen LogP contribution in [0.25, 0.3) is 10.6 Å². The van der Waals surface area contributed by atoms with Crippen molar-refractivity contribution in [3.05, 3.63) is 27.4 Å². The van der Waals surface area contributed by atoms with E-state index in [-0.39, 0.29) is 12.5 Å². The molecule has 0 radical (unpaired) electrons. The van der Waals surface area contributed by atoms with Crippen molar-refractivity contribution in [2.45, 2.75) is 20.3 Å². The van der Waals surface area contributed by atoms with Crippen LogP contribution in [0.1, 0.15) is 28.7 Å². The molecule has 2 aromatic rings. The van der Waals surface area contributed by atoms with Gasteiger partial charge in [-0.3, -0.25) is 9.59 Å². The van der Waals surface area contributed by atoms with Crippen LogP contribution in [-0.4, -0.2) is 28.5 Å². The van der Waals surface area contributed by atoms with E-state index in [1.54, 1.807) is 25.2 Å². The van der Waals surface area contributed by atoms with Crippen molar-refractivity contribution in [3.8, 4) is 10.6 Å². The van der Waals surface area contributed by atoms with Crippen LogP contribution in [0.2, 0.25) is 0 Å². The lowest BCUT2D eigenvalue weighted by Crippen LogP contribution is -2.32. The minimum absolute atomic E-state index is 0.135. The molecule has 2 heterocycles. The highest BCUT2D eigenvalue weighted by atomic mass is 32.1. The molecular formula is C14H16N2O3S2. The summed E-state index contributed by atoms with van der Waals surface area (Å²) in [5.74, 6) is -1.71. The molecule has 0 bridgehead atoms. The van der Waals surface area contributed by atoms with Gasteiger partial charge in [-0.25, -0.2) is 4.98 Å². The number of hydrogen-bond acceptors (Lipinski definition) is 5. The Morgan fingerprint density at radius 2 is 2.24 bits per heavy atom. The molecule has 2 aromatic heterocycles. The average Bonchev–Trinajstić information content (AvgIpc) is 3.07. The Balaban J connectivity index is 2.08. The third-order valence-electron chi connectivity index (χ3n) is 3.12. The number of carbonyl (C=O) groups excluding carboxylic acids is 1. The van der Waals surface area contributed by atoms with Gasteiger partial charge >= 0.3 is 5.97 Å². The zero-order valence-corrected chi connectivity index (χ0v) is 13.4. The third-order valence-corrected chi connectivity index (χ3v) is 5.01. The number of rotatable bonds is 6. The molecule has 112 valence electrons. The number of aromatic nitrogens is 1. The average molecular weight is 324 g/mol. The summed E-state index contributed by atoms with van der Waals surface area (Å²) >= 11 is 2.91. The molecule has 7 heteroatoms. The first-order valence-electron chi connectivity index (χ1n) is 6.54. The van der Waals surface area contributed by atoms with Gasteiger partial charge in [0, 0.05) is 17.5 Å². The van der Waals surface area contributed by atoms with E-state index >= 15 is 0 Å². The van der Waals surface area contributed by atoms with E-state index in [1.165, 1.54) is 11.3 Å². The Hall–Kier alpha value is -1.73. The number of aliphatic carboxylic acids is 1. The topological polar surface area (TPSA) is 79.3 Å². The van der Waals surface area contributed by atoms with Crippen molar-refractivity contribution < 1.29 is 14.7 Å². The molecule has 1 amide bonds. The number of aryl methyl sites for hydroxylation is 1. The van der Waals surface area contributed by atoms with Gasteiger partial charge in [0.05, 0.1) is 11.6 Å². The molecule has 0 aliphatic rings. The Morgan fingerprint density at radius 3 is 2.81 bits per heavy atom. The number of carboxylic acid groups (broad SMARTS) is 1. The summed E-state index contributed by atoms with van der Waals surface area (Å²) in [5.41, 5.74) is 1.67. The van der Waals surface area contributed by atoms with Crippen molar-refractivity contribution in [2.75, 3.05) is 6.54 Å². The fraction of sp³-hybridized carbons (Fsp3) is 0.357. The Morgan fingerprint density at radius 1 is 1.48 bits per heavy atom. The summed E-state index contributed by atoms with van der Waals surface area (Å²) in [6.45, 7) is 3.71. The van der Waals surface area contributed by atoms with Gasteiger partial charge < -0.3 is 10.4 Å². The first kappa shape index (κ1) is 15.7. The van der Waals surface area contributed by atoms with Crippen LogP contribution in [0.5, 0.6) is 0 Å². The molecule has 2 N–H and O–H groups in total. The zero-order valence-electron chi connectivity index (χ0n) is 11.8. The Kier molecular flexibility index (Phi) is 5.08. The van der Waals surface area contributed by atoms with Crippen LogP contribution in [0.4, 0.5) is 0 Å². The smallest absolute Gasteiger partial charge is 0.308 e. The van der Waals surface area contributed by atoms with E-state index in [0.717, 1.165) is 10.6 Å². The maximum Gasteiger partial charge on any atom is 0.308 e. The molecule has 0 aliphatic heterocycles. The van der Waals surface area contributed by atoms with Crippen LogP contribution in [0.3, 0.4) is 0 Å². The lowest BCUT2D eigenvalue weighted by Gasteiger charge is -2.10. The van der Waals surface area contributed by atoms with Crippen LogP contribution >= 0.6 is 22.7 Å². The van der Waals surface area contributed by atoms with E-state index < -0.39 is 11.9 Å². The highest BCUT2D eigenvalue weighted by molar-refractivity contribution is 7.17. The summed E-state index contributed by atoms with van der Waals surface area (Å²) in [4.78, 5) is 28.0. The second kappa shape index (κ2) is 6.82. The van der Waals surface area contributed by atoms with Crippen molar-refractivity contribution in [2.24, 2.45) is 5.92 Å². The maximum atomic E-state index is 12.2. The van der Waals surface area contributed by atoms with E-state index in [2.05, 4.69) is 10.3 Å². The predicted octanol–water partition coefficient (Wildman–Crippen LogP) is 3.02. The summed E-state index contributed by atoms with van der Waals surface area (Å²) in [5, 5.41) is 16.4. The van der Waals surface area contributed by atoms with Crippen LogP contribution < -0.4 is 5.32 Å². The van der Waals surface area contributed by atoms with Gasteiger partial charge in [0.1, 0.15) is 9.88 Å². The van der Waals surface area contributed by atoms with Crippen LogP contribution in [0.15, 0.2) is 16.8 Å². The summed E-state index contributed by atoms with van der Waals surface area (Å²) < 4.78 is 0. The SMILES string of the molecule is CCC(CNC(=O)c1sc(-c2ccsc2)nc1C)C(=O)O. The van der Waals surface area contributed by atoms with Crippen molar-refractivity contribution in [1.29, 1.82) is 0 Å². The van der Waals surface area contributed by atoms with E-state index in [1.807, 2.05) is 16.8 Å². The fourth-order valence-electron chi connectivity index (χ4n) is 1.82. The van der Waals surface area contributed by atoms with Crippen molar-refractivity contribution in [1.82, 2.24) is 10.3 Å². The number of hydrogen-bond donors (Lipinski definition) is 2. The first-order valence-corrected chi connectivity index (χ1v) is 8.29. The molecule has 5 nitrogen and oxygen atoms in total. The lowest BCUT2D eigenvalue weighted by atomic mass is 10.1. The van der Waals surface area contributed by atoms with Gasteiger partial charge in [0.25, 0.3) is 5.91 Å². The lowest BCUT2D eigenvalue weighted by molar-refractivity contribution is -0.141. The molecule has 0 aromatic carbocycles.